The summed E-state index contributed by atoms with van der Waals surface area (Å²) in [5.74, 6) is 0.622. The van der Waals surface area contributed by atoms with E-state index in [1.165, 1.54) is 37.8 Å². The zero-order valence-corrected chi connectivity index (χ0v) is 12.5. The topological polar surface area (TPSA) is 43.8 Å². The number of amides is 1. The molecule has 2 aliphatic heterocycles. The van der Waals surface area contributed by atoms with Crippen molar-refractivity contribution in [3.63, 3.8) is 0 Å². The monoisotopic (exact) mass is 286 g/mol. The molecule has 3 unspecified atom stereocenters. The average Bonchev–Trinajstić information content (AvgIpc) is 3.07. The summed E-state index contributed by atoms with van der Waals surface area (Å²) in [6.07, 6.45) is 5.63. The third-order valence-electron chi connectivity index (χ3n) is 5.56. The van der Waals surface area contributed by atoms with Crippen LogP contribution in [-0.4, -0.2) is 30.6 Å². The number of hydrogen-bond donors (Lipinski definition) is 1. The molecule has 4 heteroatoms. The minimum Gasteiger partial charge on any atom is -0.378 e. The number of benzene rings is 1. The number of fused-ring (bicyclic) bond motifs is 2. The molecule has 0 radical (unpaired) electrons. The van der Waals surface area contributed by atoms with Gasteiger partial charge in [-0.2, -0.15) is 0 Å². The van der Waals surface area contributed by atoms with Gasteiger partial charge in [-0.05, 0) is 43.7 Å². The Kier molecular flexibility index (Phi) is 2.96. The Balaban J connectivity index is 1.69. The van der Waals surface area contributed by atoms with E-state index in [0.717, 1.165) is 23.7 Å². The van der Waals surface area contributed by atoms with Crippen LogP contribution in [0.15, 0.2) is 18.2 Å². The van der Waals surface area contributed by atoms with E-state index in [0.29, 0.717) is 6.04 Å². The first-order chi connectivity index (χ1) is 10.2. The maximum Gasteiger partial charge on any atom is 0.260 e. The normalized spacial score (nSPS) is 31.5. The van der Waals surface area contributed by atoms with Gasteiger partial charge in [-0.1, -0.05) is 12.5 Å². The predicted octanol–water partition coefficient (Wildman–Crippen LogP) is 2.47. The highest BCUT2D eigenvalue weighted by Gasteiger charge is 2.37. The van der Waals surface area contributed by atoms with Gasteiger partial charge < -0.3 is 14.9 Å². The molecule has 2 heterocycles. The van der Waals surface area contributed by atoms with Gasteiger partial charge in [-0.3, -0.25) is 4.79 Å². The van der Waals surface area contributed by atoms with Crippen molar-refractivity contribution in [2.75, 3.05) is 23.4 Å². The fraction of sp³-hybridized carbons (Fsp3) is 0.588. The van der Waals surface area contributed by atoms with Gasteiger partial charge >= 0.3 is 0 Å². The highest BCUT2D eigenvalue weighted by Crippen LogP contribution is 2.42. The first-order valence-corrected chi connectivity index (χ1v) is 8.03. The highest BCUT2D eigenvalue weighted by molar-refractivity contribution is 6.03. The van der Waals surface area contributed by atoms with Crippen molar-refractivity contribution in [2.45, 2.75) is 44.2 Å². The number of nitrogens with zero attached hydrogens (tertiary/aromatic N) is 2. The van der Waals surface area contributed by atoms with E-state index in [2.05, 4.69) is 17.0 Å². The Labute approximate surface area is 125 Å². The lowest BCUT2D eigenvalue weighted by Gasteiger charge is -2.39. The van der Waals surface area contributed by atoms with E-state index >= 15 is 0 Å². The van der Waals surface area contributed by atoms with Crippen LogP contribution in [0.1, 0.15) is 43.8 Å². The van der Waals surface area contributed by atoms with Gasteiger partial charge in [0.2, 0.25) is 0 Å². The molecule has 3 aliphatic rings. The average molecular weight is 286 g/mol. The number of carbonyl (C=O) groups excluding carboxylic acids is 1. The summed E-state index contributed by atoms with van der Waals surface area (Å²) in [4.78, 5) is 16.0. The second-order valence-electron chi connectivity index (χ2n) is 6.64. The molecule has 4 nitrogen and oxygen atoms in total. The Morgan fingerprint density at radius 2 is 2.00 bits per heavy atom. The number of rotatable bonds is 1. The van der Waals surface area contributed by atoms with Crippen LogP contribution < -0.4 is 9.80 Å². The molecule has 21 heavy (non-hydrogen) atoms. The lowest BCUT2D eigenvalue weighted by atomic mass is 9.91. The molecule has 112 valence electrons. The summed E-state index contributed by atoms with van der Waals surface area (Å²) < 4.78 is 0. The van der Waals surface area contributed by atoms with Gasteiger partial charge in [0.15, 0.2) is 6.10 Å². The van der Waals surface area contributed by atoms with E-state index in [1.54, 1.807) is 11.9 Å². The number of likely N-dealkylation sites (N-methyl/N-ethyl adjacent to an activating group) is 1. The van der Waals surface area contributed by atoms with Gasteiger partial charge in [-0.25, -0.2) is 0 Å². The van der Waals surface area contributed by atoms with E-state index < -0.39 is 6.10 Å². The van der Waals surface area contributed by atoms with Crippen LogP contribution in [0.3, 0.4) is 0 Å². The predicted molar refractivity (Wildman–Crippen MR) is 82.5 cm³/mol. The van der Waals surface area contributed by atoms with E-state index in [9.17, 15) is 9.90 Å². The fourth-order valence-corrected chi connectivity index (χ4v) is 4.44. The Bertz CT molecular complexity index is 586. The molecule has 3 atom stereocenters. The Hall–Kier alpha value is -1.55. The molecule has 1 amide bonds. The molecule has 1 N–H and O–H groups in total. The third kappa shape index (κ3) is 1.89. The van der Waals surface area contributed by atoms with Crippen LogP contribution in [-0.2, 0) is 4.79 Å². The summed E-state index contributed by atoms with van der Waals surface area (Å²) in [7, 11) is 1.75. The van der Waals surface area contributed by atoms with Crippen molar-refractivity contribution in [3.05, 3.63) is 23.8 Å². The number of hydrogen-bond acceptors (Lipinski definition) is 3. The molecule has 1 aromatic rings. The number of aliphatic hydroxyl groups is 1. The molecule has 0 spiro atoms. The minimum absolute atomic E-state index is 0.223. The highest BCUT2D eigenvalue weighted by atomic mass is 16.3. The van der Waals surface area contributed by atoms with Crippen molar-refractivity contribution in [3.8, 4) is 0 Å². The van der Waals surface area contributed by atoms with Crippen molar-refractivity contribution in [1.82, 2.24) is 0 Å². The number of aliphatic hydroxyl groups excluding tert-OH is 1. The molecular weight excluding hydrogens is 264 g/mol. The molecule has 1 aromatic carbocycles. The Morgan fingerprint density at radius 1 is 1.19 bits per heavy atom. The standard InChI is InChI=1S/C17H22N2O2/c1-18-15-10-12(7-8-13(15)16(20)17(18)21)19-9-3-5-11-4-2-6-14(11)19/h7-8,10-11,14,16,20H,2-6,9H2,1H3. The van der Waals surface area contributed by atoms with Gasteiger partial charge in [0.05, 0.1) is 5.69 Å². The smallest absolute Gasteiger partial charge is 0.260 e. The molecule has 0 aromatic heterocycles. The van der Waals surface area contributed by atoms with Gasteiger partial charge in [0.25, 0.3) is 5.91 Å². The van der Waals surface area contributed by atoms with Crippen molar-refractivity contribution >= 4 is 17.3 Å². The summed E-state index contributed by atoms with van der Waals surface area (Å²) in [5, 5.41) is 9.97. The quantitative estimate of drug-likeness (QED) is 0.862. The number of anilines is 2. The van der Waals surface area contributed by atoms with E-state index in [1.807, 2.05) is 6.07 Å². The van der Waals surface area contributed by atoms with Gasteiger partial charge in [-0.15, -0.1) is 0 Å². The SMILES string of the molecule is CN1C(=O)C(O)c2ccc(N3CCCC4CCCC43)cc21. The maximum absolute atomic E-state index is 11.9. The largest absolute Gasteiger partial charge is 0.378 e. The summed E-state index contributed by atoms with van der Waals surface area (Å²) in [6, 6.07) is 6.76. The van der Waals surface area contributed by atoms with Gasteiger partial charge in [0.1, 0.15) is 0 Å². The lowest BCUT2D eigenvalue weighted by Crippen LogP contribution is -2.42. The second kappa shape index (κ2) is 4.73. The van der Waals surface area contributed by atoms with Crippen LogP contribution in [0.5, 0.6) is 0 Å². The molecule has 1 saturated heterocycles. The third-order valence-corrected chi connectivity index (χ3v) is 5.56. The first-order valence-electron chi connectivity index (χ1n) is 8.03. The summed E-state index contributed by atoms with van der Waals surface area (Å²) in [6.45, 7) is 1.11. The maximum atomic E-state index is 11.9. The Morgan fingerprint density at radius 3 is 2.86 bits per heavy atom. The van der Waals surface area contributed by atoms with Crippen LogP contribution >= 0.6 is 0 Å². The lowest BCUT2D eigenvalue weighted by molar-refractivity contribution is -0.125. The second-order valence-corrected chi connectivity index (χ2v) is 6.64. The number of piperidine rings is 1. The van der Waals surface area contributed by atoms with Gasteiger partial charge in [0, 0.05) is 30.9 Å². The van der Waals surface area contributed by atoms with E-state index in [-0.39, 0.29) is 5.91 Å². The molecular formula is C17H22N2O2. The molecule has 0 bridgehead atoms. The van der Waals surface area contributed by atoms with Crippen LogP contribution in [0.4, 0.5) is 11.4 Å². The summed E-state index contributed by atoms with van der Waals surface area (Å²) in [5.41, 5.74) is 2.82. The zero-order valence-electron chi connectivity index (χ0n) is 12.5. The van der Waals surface area contributed by atoms with Crippen LogP contribution in [0.25, 0.3) is 0 Å². The van der Waals surface area contributed by atoms with Crippen LogP contribution in [0, 0.1) is 5.92 Å². The van der Waals surface area contributed by atoms with E-state index in [4.69, 9.17) is 0 Å². The minimum atomic E-state index is -0.986. The summed E-state index contributed by atoms with van der Waals surface area (Å²) >= 11 is 0. The fourth-order valence-electron chi connectivity index (χ4n) is 4.44. The van der Waals surface area contributed by atoms with Crippen molar-refractivity contribution in [1.29, 1.82) is 0 Å². The molecule has 4 rings (SSSR count). The number of carbonyl (C=O) groups is 1. The van der Waals surface area contributed by atoms with Crippen molar-refractivity contribution < 1.29 is 9.90 Å². The molecule has 2 fully saturated rings. The molecule has 1 aliphatic carbocycles. The zero-order chi connectivity index (χ0) is 14.6. The molecule has 1 saturated carbocycles. The van der Waals surface area contributed by atoms with Crippen LogP contribution in [0.2, 0.25) is 0 Å². The first kappa shape index (κ1) is 13.1. The van der Waals surface area contributed by atoms with Crippen molar-refractivity contribution in [2.24, 2.45) is 5.92 Å².